The summed E-state index contributed by atoms with van der Waals surface area (Å²) in [6.45, 7) is 1.31. The molecule has 1 amide bonds. The molecule has 0 atom stereocenters. The normalized spacial score (nSPS) is 8.36. The second kappa shape index (κ2) is 5.52. The first-order chi connectivity index (χ1) is 6.45. The Labute approximate surface area is 80.5 Å². The molecule has 6 heteroatoms. The molecule has 0 radical (unpaired) electrons. The number of rotatable bonds is 1. The Hall–Kier alpha value is -2.11. The molecule has 1 rings (SSSR count). The van der Waals surface area contributed by atoms with Crippen molar-refractivity contribution in [2.75, 3.05) is 5.73 Å². The molecule has 0 bridgehead atoms. The van der Waals surface area contributed by atoms with Crippen LogP contribution in [0.1, 0.15) is 17.4 Å². The summed E-state index contributed by atoms with van der Waals surface area (Å²) in [5.41, 5.74) is 9.85. The van der Waals surface area contributed by atoms with E-state index >= 15 is 0 Å². The standard InChI is InChI=1S/C6H6N2O2.C2H5NO/c7-4-2-1-3-8-5(4)6(9)10;1-2(3)4/h1-3H,7H2,(H,9,10);1H3,(H2,3,4). The molecule has 0 fully saturated rings. The smallest absolute Gasteiger partial charge is 0.356 e. The molecular weight excluding hydrogens is 186 g/mol. The highest BCUT2D eigenvalue weighted by Gasteiger charge is 2.06. The Balaban J connectivity index is 0.000000364. The lowest BCUT2D eigenvalue weighted by Crippen LogP contribution is -2.04. The zero-order valence-electron chi connectivity index (χ0n) is 7.60. The van der Waals surface area contributed by atoms with Crippen molar-refractivity contribution in [3.8, 4) is 0 Å². The van der Waals surface area contributed by atoms with Crippen LogP contribution in [-0.4, -0.2) is 22.0 Å². The number of carbonyl (C=O) groups is 2. The fourth-order valence-electron chi connectivity index (χ4n) is 0.596. The summed E-state index contributed by atoms with van der Waals surface area (Å²) >= 11 is 0. The second-order valence-corrected chi connectivity index (χ2v) is 2.36. The van der Waals surface area contributed by atoms with E-state index in [-0.39, 0.29) is 17.3 Å². The number of carboxylic acids is 1. The molecule has 14 heavy (non-hydrogen) atoms. The third-order valence-electron chi connectivity index (χ3n) is 1.04. The van der Waals surface area contributed by atoms with E-state index in [9.17, 15) is 9.59 Å². The van der Waals surface area contributed by atoms with E-state index in [1.165, 1.54) is 19.2 Å². The van der Waals surface area contributed by atoms with Gasteiger partial charge in [0.2, 0.25) is 5.91 Å². The van der Waals surface area contributed by atoms with E-state index < -0.39 is 5.97 Å². The fourth-order valence-corrected chi connectivity index (χ4v) is 0.596. The Morgan fingerprint density at radius 3 is 2.29 bits per heavy atom. The van der Waals surface area contributed by atoms with Gasteiger partial charge < -0.3 is 16.6 Å². The van der Waals surface area contributed by atoms with Gasteiger partial charge in [0.05, 0.1) is 5.69 Å². The number of hydrogen-bond acceptors (Lipinski definition) is 4. The molecule has 0 aromatic carbocycles. The minimum atomic E-state index is -1.10. The van der Waals surface area contributed by atoms with E-state index in [0.717, 1.165) is 0 Å². The first-order valence-electron chi connectivity index (χ1n) is 3.65. The molecule has 0 aliphatic carbocycles. The number of amides is 1. The summed E-state index contributed by atoms with van der Waals surface area (Å²) in [6.07, 6.45) is 1.39. The number of nitrogens with two attached hydrogens (primary N) is 2. The van der Waals surface area contributed by atoms with Crippen molar-refractivity contribution in [1.29, 1.82) is 0 Å². The number of aromatic nitrogens is 1. The molecule has 5 N–H and O–H groups in total. The van der Waals surface area contributed by atoms with Gasteiger partial charge in [0.1, 0.15) is 0 Å². The number of aromatic carboxylic acids is 1. The van der Waals surface area contributed by atoms with Crippen molar-refractivity contribution in [3.63, 3.8) is 0 Å². The lowest BCUT2D eigenvalue weighted by molar-refractivity contribution is -0.115. The van der Waals surface area contributed by atoms with Crippen LogP contribution >= 0.6 is 0 Å². The summed E-state index contributed by atoms with van der Waals surface area (Å²) in [5, 5.41) is 8.42. The fraction of sp³-hybridized carbons (Fsp3) is 0.125. The summed E-state index contributed by atoms with van der Waals surface area (Å²) < 4.78 is 0. The van der Waals surface area contributed by atoms with Crippen LogP contribution in [0.4, 0.5) is 5.69 Å². The molecule has 1 aromatic heterocycles. The minimum Gasteiger partial charge on any atom is -0.476 e. The maximum atomic E-state index is 10.3. The molecule has 1 heterocycles. The Bertz CT molecular complexity index is 334. The van der Waals surface area contributed by atoms with Gasteiger partial charge in [-0.25, -0.2) is 9.78 Å². The number of nitrogen functional groups attached to an aromatic ring is 1. The number of pyridine rings is 1. The number of hydrogen-bond donors (Lipinski definition) is 3. The number of carboxylic acid groups (broad SMARTS) is 1. The second-order valence-electron chi connectivity index (χ2n) is 2.36. The van der Waals surface area contributed by atoms with Crippen molar-refractivity contribution in [3.05, 3.63) is 24.0 Å². The molecule has 1 aromatic rings. The van der Waals surface area contributed by atoms with Crippen molar-refractivity contribution in [2.45, 2.75) is 6.92 Å². The predicted octanol–water partition coefficient (Wildman–Crippen LogP) is -0.146. The molecule has 0 saturated heterocycles. The van der Waals surface area contributed by atoms with Gasteiger partial charge in [-0.05, 0) is 12.1 Å². The van der Waals surface area contributed by atoms with Crippen LogP contribution in [0.15, 0.2) is 18.3 Å². The van der Waals surface area contributed by atoms with Crippen LogP contribution in [0.25, 0.3) is 0 Å². The van der Waals surface area contributed by atoms with Gasteiger partial charge in [0.15, 0.2) is 5.69 Å². The van der Waals surface area contributed by atoms with Gasteiger partial charge in [-0.3, -0.25) is 4.79 Å². The summed E-state index contributed by atoms with van der Waals surface area (Å²) in [4.78, 5) is 23.1. The zero-order chi connectivity index (χ0) is 11.1. The SMILES string of the molecule is CC(N)=O.Nc1cccnc1C(=O)O. The molecule has 0 saturated carbocycles. The first-order valence-corrected chi connectivity index (χ1v) is 3.65. The molecular formula is C8H11N3O3. The number of anilines is 1. The Morgan fingerprint density at radius 1 is 1.50 bits per heavy atom. The van der Waals surface area contributed by atoms with Gasteiger partial charge in [-0.2, -0.15) is 0 Å². The highest BCUT2D eigenvalue weighted by molar-refractivity contribution is 5.90. The van der Waals surface area contributed by atoms with Crippen molar-refractivity contribution in [1.82, 2.24) is 4.98 Å². The van der Waals surface area contributed by atoms with Crippen LogP contribution in [0.2, 0.25) is 0 Å². The van der Waals surface area contributed by atoms with Crippen LogP contribution in [0.5, 0.6) is 0 Å². The van der Waals surface area contributed by atoms with Crippen LogP contribution in [0, 0.1) is 0 Å². The average Bonchev–Trinajstić information content (AvgIpc) is 2.03. The Kier molecular flexibility index (Phi) is 4.69. The monoisotopic (exact) mass is 197 g/mol. The zero-order valence-corrected chi connectivity index (χ0v) is 7.60. The van der Waals surface area contributed by atoms with E-state index in [1.54, 1.807) is 6.07 Å². The van der Waals surface area contributed by atoms with Crippen molar-refractivity contribution < 1.29 is 14.7 Å². The Morgan fingerprint density at radius 2 is 2.00 bits per heavy atom. The molecule has 0 aliphatic heterocycles. The first kappa shape index (κ1) is 11.9. The average molecular weight is 197 g/mol. The van der Waals surface area contributed by atoms with Gasteiger partial charge in [-0.1, -0.05) is 0 Å². The largest absolute Gasteiger partial charge is 0.476 e. The molecule has 0 aliphatic rings. The minimum absolute atomic E-state index is 0.0949. The summed E-state index contributed by atoms with van der Waals surface area (Å²) in [6, 6.07) is 3.08. The van der Waals surface area contributed by atoms with Gasteiger partial charge in [0, 0.05) is 13.1 Å². The number of primary amides is 1. The van der Waals surface area contributed by atoms with Crippen LogP contribution in [0.3, 0.4) is 0 Å². The third-order valence-corrected chi connectivity index (χ3v) is 1.04. The maximum absolute atomic E-state index is 10.3. The number of carbonyl (C=O) groups excluding carboxylic acids is 1. The molecule has 0 spiro atoms. The van der Waals surface area contributed by atoms with Gasteiger partial charge in [0.25, 0.3) is 0 Å². The summed E-state index contributed by atoms with van der Waals surface area (Å²) in [7, 11) is 0. The van der Waals surface area contributed by atoms with Crippen molar-refractivity contribution in [2.24, 2.45) is 5.73 Å². The third kappa shape index (κ3) is 4.70. The highest BCUT2D eigenvalue weighted by atomic mass is 16.4. The maximum Gasteiger partial charge on any atom is 0.356 e. The van der Waals surface area contributed by atoms with Crippen molar-refractivity contribution >= 4 is 17.6 Å². The molecule has 6 nitrogen and oxygen atoms in total. The van der Waals surface area contributed by atoms with Crippen LogP contribution < -0.4 is 11.5 Å². The van der Waals surface area contributed by atoms with Gasteiger partial charge >= 0.3 is 5.97 Å². The highest BCUT2D eigenvalue weighted by Crippen LogP contribution is 2.05. The van der Waals surface area contributed by atoms with E-state index in [1.807, 2.05) is 0 Å². The predicted molar refractivity (Wildman–Crippen MR) is 50.5 cm³/mol. The number of nitrogens with zero attached hydrogens (tertiary/aromatic N) is 1. The molecule has 0 unspecified atom stereocenters. The topological polar surface area (TPSA) is 119 Å². The summed E-state index contributed by atoms with van der Waals surface area (Å²) in [5.74, 6) is -1.43. The quantitative estimate of drug-likeness (QED) is 0.578. The van der Waals surface area contributed by atoms with E-state index in [4.69, 9.17) is 10.8 Å². The van der Waals surface area contributed by atoms with Crippen LogP contribution in [-0.2, 0) is 4.79 Å². The lowest BCUT2D eigenvalue weighted by atomic mass is 10.3. The molecule has 76 valence electrons. The lowest BCUT2D eigenvalue weighted by Gasteiger charge is -1.95. The van der Waals surface area contributed by atoms with Gasteiger partial charge in [-0.15, -0.1) is 0 Å². The van der Waals surface area contributed by atoms with E-state index in [0.29, 0.717) is 0 Å². The van der Waals surface area contributed by atoms with E-state index in [2.05, 4.69) is 10.7 Å².